The number of urea groups is 1. The van der Waals surface area contributed by atoms with Gasteiger partial charge in [0.25, 0.3) is 5.91 Å². The summed E-state index contributed by atoms with van der Waals surface area (Å²) in [6, 6.07) is 5.41. The van der Waals surface area contributed by atoms with E-state index < -0.39 is 11.6 Å². The molecule has 224 valence electrons. The predicted molar refractivity (Wildman–Crippen MR) is 160 cm³/mol. The molecule has 41 heavy (non-hydrogen) atoms. The SMILES string of the molecule is CC(C)n1ccc2c(N3CCC(=O)NC3=O)cc(C(=O)N3CCC4(CCN(C(=O)OC(C)(C)C)CC4)CC3)cc21.Cl. The number of carbonyl (C=O) groups excluding carboxylic acids is 4. The maximum Gasteiger partial charge on any atom is 0.410 e. The molecule has 0 unspecified atom stereocenters. The van der Waals surface area contributed by atoms with Gasteiger partial charge >= 0.3 is 12.1 Å². The van der Waals surface area contributed by atoms with Crippen molar-refractivity contribution in [2.75, 3.05) is 37.6 Å². The van der Waals surface area contributed by atoms with Gasteiger partial charge in [-0.15, -0.1) is 12.4 Å². The normalized spacial score (nSPS) is 19.4. The fraction of sp³-hybridized carbons (Fsp3) is 0.600. The van der Waals surface area contributed by atoms with Gasteiger partial charge in [-0.2, -0.15) is 0 Å². The second kappa shape index (κ2) is 11.5. The van der Waals surface area contributed by atoms with Crippen LogP contribution in [0.5, 0.6) is 0 Å². The first-order valence-electron chi connectivity index (χ1n) is 14.4. The van der Waals surface area contributed by atoms with E-state index in [0.29, 0.717) is 37.4 Å². The number of halogens is 1. The number of likely N-dealkylation sites (tertiary alicyclic amines) is 2. The molecule has 0 atom stereocenters. The molecule has 0 saturated carbocycles. The Labute approximate surface area is 247 Å². The van der Waals surface area contributed by atoms with Crippen LogP contribution in [0.15, 0.2) is 24.4 Å². The molecule has 3 aliphatic rings. The number of hydrogen-bond donors (Lipinski definition) is 1. The molecular formula is C30H42ClN5O5. The average Bonchev–Trinajstić information content (AvgIpc) is 3.32. The van der Waals surface area contributed by atoms with Gasteiger partial charge in [-0.1, -0.05) is 0 Å². The molecule has 3 fully saturated rings. The molecule has 3 aliphatic heterocycles. The molecule has 1 aromatic heterocycles. The lowest BCUT2D eigenvalue weighted by atomic mass is 9.71. The number of aromatic nitrogens is 1. The number of benzene rings is 1. The lowest BCUT2D eigenvalue weighted by molar-refractivity contribution is -0.120. The van der Waals surface area contributed by atoms with E-state index in [0.717, 1.165) is 36.6 Å². The van der Waals surface area contributed by atoms with Crippen molar-refractivity contribution in [1.29, 1.82) is 0 Å². The molecule has 11 heteroatoms. The summed E-state index contributed by atoms with van der Waals surface area (Å²) < 4.78 is 7.65. The summed E-state index contributed by atoms with van der Waals surface area (Å²) in [7, 11) is 0. The van der Waals surface area contributed by atoms with Gasteiger partial charge in [0.1, 0.15) is 5.60 Å². The third-order valence-electron chi connectivity index (χ3n) is 8.55. The van der Waals surface area contributed by atoms with Gasteiger partial charge in [-0.25, -0.2) is 9.59 Å². The third kappa shape index (κ3) is 6.32. The van der Waals surface area contributed by atoms with E-state index in [1.54, 1.807) is 15.9 Å². The van der Waals surface area contributed by atoms with Crippen molar-refractivity contribution < 1.29 is 23.9 Å². The third-order valence-corrected chi connectivity index (χ3v) is 8.55. The summed E-state index contributed by atoms with van der Waals surface area (Å²) in [5.41, 5.74) is 1.71. The number of amides is 5. The van der Waals surface area contributed by atoms with E-state index in [1.807, 2.05) is 44.0 Å². The minimum atomic E-state index is -0.507. The summed E-state index contributed by atoms with van der Waals surface area (Å²) in [6.07, 6.45) is 5.57. The quantitative estimate of drug-likeness (QED) is 0.522. The molecular weight excluding hydrogens is 546 g/mol. The van der Waals surface area contributed by atoms with Crippen LogP contribution in [-0.4, -0.2) is 76.6 Å². The smallest absolute Gasteiger partial charge is 0.410 e. The molecule has 10 nitrogen and oxygen atoms in total. The van der Waals surface area contributed by atoms with Crippen LogP contribution in [0.3, 0.4) is 0 Å². The fourth-order valence-corrected chi connectivity index (χ4v) is 6.19. The highest BCUT2D eigenvalue weighted by molar-refractivity contribution is 6.11. The zero-order valence-corrected chi connectivity index (χ0v) is 25.5. The van der Waals surface area contributed by atoms with Crippen molar-refractivity contribution in [2.45, 2.75) is 78.4 Å². The molecule has 1 N–H and O–H groups in total. The Morgan fingerprint density at radius 1 is 0.951 bits per heavy atom. The van der Waals surface area contributed by atoms with Crippen molar-refractivity contribution in [2.24, 2.45) is 5.41 Å². The van der Waals surface area contributed by atoms with E-state index in [9.17, 15) is 19.2 Å². The van der Waals surface area contributed by atoms with Gasteiger partial charge < -0.3 is 19.1 Å². The van der Waals surface area contributed by atoms with Crippen molar-refractivity contribution in [3.63, 3.8) is 0 Å². The second-order valence-electron chi connectivity index (χ2n) is 12.8. The zero-order chi connectivity index (χ0) is 28.8. The summed E-state index contributed by atoms with van der Waals surface area (Å²) in [5.74, 6) is -0.335. The van der Waals surface area contributed by atoms with Crippen LogP contribution in [0.2, 0.25) is 0 Å². The van der Waals surface area contributed by atoms with Crippen LogP contribution in [0.4, 0.5) is 15.3 Å². The van der Waals surface area contributed by atoms with Crippen LogP contribution < -0.4 is 10.2 Å². The highest BCUT2D eigenvalue weighted by atomic mass is 35.5. The highest BCUT2D eigenvalue weighted by Gasteiger charge is 2.40. The number of carbonyl (C=O) groups is 4. The first-order chi connectivity index (χ1) is 18.9. The Morgan fingerprint density at radius 3 is 2.12 bits per heavy atom. The molecule has 0 radical (unpaired) electrons. The Balaban J connectivity index is 0.00000387. The average molecular weight is 588 g/mol. The number of rotatable bonds is 3. The first-order valence-corrected chi connectivity index (χ1v) is 14.4. The molecule has 4 heterocycles. The lowest BCUT2D eigenvalue weighted by Crippen LogP contribution is -2.50. The Hall–Kier alpha value is -3.27. The molecule has 5 amide bonds. The lowest BCUT2D eigenvalue weighted by Gasteiger charge is -2.46. The van der Waals surface area contributed by atoms with Crippen LogP contribution in [0.1, 0.15) is 83.1 Å². The van der Waals surface area contributed by atoms with Crippen LogP contribution in [-0.2, 0) is 9.53 Å². The Bertz CT molecular complexity index is 1330. The van der Waals surface area contributed by atoms with Crippen molar-refractivity contribution in [3.05, 3.63) is 30.0 Å². The van der Waals surface area contributed by atoms with E-state index in [-0.39, 0.29) is 54.7 Å². The van der Waals surface area contributed by atoms with Crippen LogP contribution in [0.25, 0.3) is 10.9 Å². The van der Waals surface area contributed by atoms with Gasteiger partial charge in [0.15, 0.2) is 0 Å². The monoisotopic (exact) mass is 587 g/mol. The first kappa shape index (κ1) is 30.7. The van der Waals surface area contributed by atoms with Crippen molar-refractivity contribution in [3.8, 4) is 0 Å². The van der Waals surface area contributed by atoms with Crippen LogP contribution in [0, 0.1) is 5.41 Å². The largest absolute Gasteiger partial charge is 0.444 e. The van der Waals surface area contributed by atoms with Crippen molar-refractivity contribution >= 4 is 52.9 Å². The second-order valence-corrected chi connectivity index (χ2v) is 12.8. The summed E-state index contributed by atoms with van der Waals surface area (Å²) in [5, 5.41) is 3.28. The van der Waals surface area contributed by atoms with E-state index in [4.69, 9.17) is 4.74 Å². The van der Waals surface area contributed by atoms with Gasteiger partial charge in [-0.05, 0) is 83.9 Å². The van der Waals surface area contributed by atoms with Crippen LogP contribution >= 0.6 is 12.4 Å². The topological polar surface area (TPSA) is 104 Å². The minimum Gasteiger partial charge on any atom is -0.444 e. The van der Waals surface area contributed by atoms with E-state index in [1.165, 1.54) is 0 Å². The molecule has 3 saturated heterocycles. The Morgan fingerprint density at radius 2 is 1.56 bits per heavy atom. The number of nitrogens with one attached hydrogen (secondary N) is 1. The molecule has 0 aliphatic carbocycles. The van der Waals surface area contributed by atoms with E-state index >= 15 is 0 Å². The predicted octanol–water partition coefficient (Wildman–Crippen LogP) is 5.34. The summed E-state index contributed by atoms with van der Waals surface area (Å²) in [6.45, 7) is 12.7. The van der Waals surface area contributed by atoms with E-state index in [2.05, 4.69) is 23.7 Å². The maximum absolute atomic E-state index is 13.8. The standard InChI is InChI=1S/C30H41N5O5.ClH/c1-20(2)34-12-6-22-23(34)18-21(19-24(22)35-13-7-25(36)31-27(35)38)26(37)32-14-8-30(9-15-32)10-16-33(17-11-30)28(39)40-29(3,4)5;/h6,12,18-20H,7-11,13-17H2,1-5H3,(H,31,36,38);1H. The van der Waals surface area contributed by atoms with Gasteiger partial charge in [0.2, 0.25) is 5.91 Å². The molecule has 0 bridgehead atoms. The number of piperidine rings is 2. The Kier molecular flexibility index (Phi) is 8.64. The number of ether oxygens (including phenoxy) is 1. The number of anilines is 1. The van der Waals surface area contributed by atoms with Gasteiger partial charge in [-0.3, -0.25) is 19.8 Å². The molecule has 1 spiro atoms. The number of fused-ring (bicyclic) bond motifs is 1. The molecule has 5 rings (SSSR count). The fourth-order valence-electron chi connectivity index (χ4n) is 6.19. The number of nitrogens with zero attached hydrogens (tertiary/aromatic N) is 4. The molecule has 2 aromatic rings. The number of imide groups is 1. The number of hydrogen-bond acceptors (Lipinski definition) is 5. The summed E-state index contributed by atoms with van der Waals surface area (Å²) in [4.78, 5) is 56.1. The van der Waals surface area contributed by atoms with Gasteiger partial charge in [0.05, 0.1) is 11.2 Å². The van der Waals surface area contributed by atoms with Gasteiger partial charge in [0, 0.05) is 62.3 Å². The van der Waals surface area contributed by atoms with Crippen molar-refractivity contribution in [1.82, 2.24) is 19.7 Å². The maximum atomic E-state index is 13.8. The highest BCUT2D eigenvalue weighted by Crippen LogP contribution is 2.42. The zero-order valence-electron chi connectivity index (χ0n) is 24.7. The minimum absolute atomic E-state index is 0. The summed E-state index contributed by atoms with van der Waals surface area (Å²) >= 11 is 0. The molecule has 1 aromatic carbocycles.